The van der Waals surface area contributed by atoms with E-state index in [2.05, 4.69) is 70.1 Å². The van der Waals surface area contributed by atoms with Crippen LogP contribution in [0.3, 0.4) is 0 Å². The number of aliphatic hydroxyl groups is 2. The molecule has 0 saturated carbocycles. The minimum absolute atomic E-state index is 0.0272. The largest absolute Gasteiger partial charge is 0.508 e. The highest BCUT2D eigenvalue weighted by molar-refractivity contribution is 7.80. The molecule has 1 aliphatic heterocycles. The lowest BCUT2D eigenvalue weighted by Crippen LogP contribution is -2.61. The summed E-state index contributed by atoms with van der Waals surface area (Å²) >= 11 is 4.44. The Balaban J connectivity index is 1.10. The zero-order valence-electron chi connectivity index (χ0n) is 74.1. The number of cyclic esters (lactones) is 2. The number of esters is 5. The van der Waals surface area contributed by atoms with Gasteiger partial charge in [-0.15, -0.1) is 0 Å². The summed E-state index contributed by atoms with van der Waals surface area (Å²) in [5.74, 6) is -14.4. The summed E-state index contributed by atoms with van der Waals surface area (Å²) in [6.45, 7) is 9.91. The van der Waals surface area contributed by atoms with E-state index in [-0.39, 0.29) is 80.4 Å². The van der Waals surface area contributed by atoms with Crippen molar-refractivity contribution in [2.24, 2.45) is 28.2 Å². The van der Waals surface area contributed by atoms with Gasteiger partial charge in [0, 0.05) is 73.5 Å². The number of H-pyrrole nitrogens is 1. The van der Waals surface area contributed by atoms with Gasteiger partial charge in [0.2, 0.25) is 64.9 Å². The van der Waals surface area contributed by atoms with E-state index in [1.165, 1.54) is 106 Å². The number of aromatic nitrogens is 3. The average molecular weight is 1830 g/mol. The predicted octanol–water partition coefficient (Wildman–Crippen LogP) is 5.03. The number of rotatable bonds is 41. The molecule has 6 aromatic rings. The van der Waals surface area contributed by atoms with Crippen LogP contribution in [0.25, 0.3) is 23.1 Å². The molecule has 1 aliphatic rings. The second-order valence-electron chi connectivity index (χ2n) is 31.3. The summed E-state index contributed by atoms with van der Waals surface area (Å²) in [7, 11) is 2.21. The molecule has 3 aromatic heterocycles. The van der Waals surface area contributed by atoms with Gasteiger partial charge in [0.15, 0.2) is 11.4 Å². The SMILES string of the molecule is C/C=C/C(O)C(C)(C(=O)OC)C1C\C=C/C=C/C=C/c2nc(co2)C(=O)OC(C(C)(C(=O)OC)C(/C=C/C)OC(=O)CCC(=O)N[C@H](Cc2ccccc2)C(=O)N[C@@H](CS)C(=O)N[C@H](Cc2ccc(O)cc2)C(=O)N[C@H](Cc2c[nH]c3ccccc23)C(=O)N[C@@H](CCCCN)C(=O)N[C@H](C(=O)NCC(=O)N[C@@H](C(N)=O)C(C)O)C(C)C)C\C=C/C=C/C=C/c2nc(co2)C(=O)O1. The number of hydrogen-bond acceptors (Lipinski definition) is 28. The molecule has 7 rings (SSSR count). The van der Waals surface area contributed by atoms with E-state index in [1.54, 1.807) is 125 Å². The highest BCUT2D eigenvalue weighted by atomic mass is 32.1. The molecule has 7 unspecified atom stereocenters. The first kappa shape index (κ1) is 104. The van der Waals surface area contributed by atoms with E-state index in [0.717, 1.165) is 26.7 Å². The normalized spacial score (nSPS) is 18.5. The summed E-state index contributed by atoms with van der Waals surface area (Å²) in [5, 5.41) is 53.0. The molecule has 702 valence electrons. The number of nitrogens with one attached hydrogen (secondary N) is 9. The van der Waals surface area contributed by atoms with Gasteiger partial charge >= 0.3 is 29.8 Å². The number of hydrogen-bond donors (Lipinski definition) is 15. The molecule has 4 bridgehead atoms. The zero-order valence-corrected chi connectivity index (χ0v) is 75.0. The third-order valence-corrected chi connectivity index (χ3v) is 21.6. The number of ether oxygens (including phenoxy) is 5. The van der Waals surface area contributed by atoms with Gasteiger partial charge in [0.1, 0.15) is 89.7 Å². The van der Waals surface area contributed by atoms with E-state index in [1.807, 2.05) is 0 Å². The van der Waals surface area contributed by atoms with Crippen molar-refractivity contribution < 1.29 is 115 Å². The maximum Gasteiger partial charge on any atom is 0.360 e. The minimum atomic E-state index is -2.10. The Bertz CT molecular complexity index is 5190. The molecule has 0 spiro atoms. The second kappa shape index (κ2) is 52.0. The first-order chi connectivity index (χ1) is 62.6. The Morgan fingerprint density at radius 1 is 0.580 bits per heavy atom. The van der Waals surface area contributed by atoms with Crippen molar-refractivity contribution in [2.45, 2.75) is 185 Å². The second-order valence-corrected chi connectivity index (χ2v) is 31.7. The third-order valence-electron chi connectivity index (χ3n) is 21.3. The van der Waals surface area contributed by atoms with Crippen molar-refractivity contribution in [3.63, 3.8) is 0 Å². The van der Waals surface area contributed by atoms with Crippen LogP contribution in [0.4, 0.5) is 0 Å². The molecule has 14 atom stereocenters. The maximum absolute atomic E-state index is 15.2. The number of fused-ring (bicyclic) bond motifs is 5. The molecule has 0 radical (unpaired) electrons. The number of amides is 9. The van der Waals surface area contributed by atoms with Gasteiger partial charge in [0.05, 0.1) is 39.4 Å². The van der Waals surface area contributed by atoms with Gasteiger partial charge in [-0.3, -0.25) is 57.5 Å². The van der Waals surface area contributed by atoms with Crippen LogP contribution in [0.5, 0.6) is 5.75 Å². The first-order valence-corrected chi connectivity index (χ1v) is 42.9. The molecule has 0 fully saturated rings. The van der Waals surface area contributed by atoms with Crippen molar-refractivity contribution in [1.82, 2.24) is 57.5 Å². The van der Waals surface area contributed by atoms with E-state index >= 15 is 9.59 Å². The number of thiol groups is 1. The lowest BCUT2D eigenvalue weighted by molar-refractivity contribution is -0.176. The highest BCUT2D eigenvalue weighted by Gasteiger charge is 2.53. The molecule has 131 heavy (non-hydrogen) atoms. The van der Waals surface area contributed by atoms with Crippen molar-refractivity contribution >= 4 is 119 Å². The molecule has 9 amide bonds. The number of primary amides is 1. The van der Waals surface area contributed by atoms with Gasteiger partial charge in [-0.25, -0.2) is 19.6 Å². The Labute approximate surface area is 762 Å². The van der Waals surface area contributed by atoms with E-state index in [9.17, 15) is 72.9 Å². The number of benzene rings is 3. The molecular weight excluding hydrogens is 1720 g/mol. The first-order valence-electron chi connectivity index (χ1n) is 42.3. The molecular formula is C93H115N13O24S. The summed E-state index contributed by atoms with van der Waals surface area (Å²) in [6, 6.07) is 10.8. The number of unbranched alkanes of at least 4 members (excludes halogenated alkanes) is 1. The highest BCUT2D eigenvalue weighted by Crippen LogP contribution is 2.38. The summed E-state index contributed by atoms with van der Waals surface area (Å²) in [4.78, 5) is 209. The summed E-state index contributed by atoms with van der Waals surface area (Å²) in [6.07, 6.45) is 18.7. The molecule has 4 heterocycles. The van der Waals surface area contributed by atoms with Crippen LogP contribution in [-0.2, 0) is 100 Å². The Morgan fingerprint density at radius 3 is 1.63 bits per heavy atom. The standard InChI is InChI=1S/C93H115N13O24S/c1-10-29-70(109)92(6,90(122)124-8)72-36-21-14-12-16-23-39-77-100-68(53-127-77)89(121)130-73(37-22-15-13-17-24-38-76-99-67(52-126-76)88(120)129-72)93(7,91(123)125-9)71(30-11-2)128-78(112)45-44-74(110)98-64(47-57-31-19-18-20-32-57)83(115)104-69(54-131)86(118)102-65(48-58-40-42-60(108)43-41-58)84(116)103-66(49-59-50-96-62-34-26-25-33-61(59)62)85(117)101-63(35-27-28-46-94)82(114)106-79(55(3)4)87(119)97-51-75(111)105-80(56(5)107)81(95)113/h10-26,29-34,38-43,50,52-53,55-56,63-66,69-73,79-80,96,107-109,131H,27-28,35-37,44-49,51,54,94H2,1-9H3,(H2,95,113)(H,97,119)(H,98,110)(H,101,117)(H,102,118)(H,103,116)(H,104,115)(H,105,111)(H,106,114)/b16-12+,17-13+,21-14-,22-15-,29-10+,30-11+,38-24+,39-23+/t56?,63-,64+,65+,66+,69-,70?,71?,72?,73?,79-,80+,92?,93?/m0/s1. The van der Waals surface area contributed by atoms with Crippen molar-refractivity contribution in [2.75, 3.05) is 33.1 Å². The number of phenols is 1. The number of carbonyl (C=O) groups excluding carboxylic acids is 14. The Hall–Kier alpha value is -13.9. The van der Waals surface area contributed by atoms with Crippen LogP contribution in [0.15, 0.2) is 191 Å². The number of phenolic OH excluding ortho intramolecular Hbond substituents is 1. The number of aliphatic hydroxyl groups excluding tert-OH is 2. The number of oxazole rings is 2. The van der Waals surface area contributed by atoms with Gasteiger partial charge in [-0.2, -0.15) is 12.6 Å². The molecule has 0 aliphatic carbocycles. The predicted molar refractivity (Wildman–Crippen MR) is 483 cm³/mol. The number of carbonyl (C=O) groups is 14. The maximum atomic E-state index is 15.2. The molecule has 0 saturated heterocycles. The topological polar surface area (TPSA) is 562 Å². The van der Waals surface area contributed by atoms with E-state index < -0.39 is 198 Å². The molecule has 3 aromatic carbocycles. The quantitative estimate of drug-likeness (QED) is 0.00787. The number of aromatic hydroxyl groups is 1. The van der Waals surface area contributed by atoms with Crippen molar-refractivity contribution in [3.8, 4) is 5.75 Å². The lowest BCUT2D eigenvalue weighted by atomic mass is 9.76. The zero-order chi connectivity index (χ0) is 95.9. The van der Waals surface area contributed by atoms with Gasteiger partial charge < -0.3 is 107 Å². The monoisotopic (exact) mass is 1830 g/mol. The molecule has 37 nitrogen and oxygen atoms in total. The number of methoxy groups -OCH3 is 2. The number of aromatic amines is 1. The molecule has 16 N–H and O–H groups in total. The van der Waals surface area contributed by atoms with Crippen LogP contribution in [0.2, 0.25) is 0 Å². The fourth-order valence-electron chi connectivity index (χ4n) is 13.8. The number of nitrogens with two attached hydrogens (primary N) is 2. The smallest absolute Gasteiger partial charge is 0.360 e. The van der Waals surface area contributed by atoms with Crippen LogP contribution in [-0.4, -0.2) is 219 Å². The van der Waals surface area contributed by atoms with Gasteiger partial charge in [-0.1, -0.05) is 153 Å². The van der Waals surface area contributed by atoms with Crippen molar-refractivity contribution in [1.29, 1.82) is 0 Å². The number of nitrogens with zero attached hydrogens (tertiary/aromatic N) is 2. The van der Waals surface area contributed by atoms with Crippen LogP contribution < -0.4 is 54.0 Å². The van der Waals surface area contributed by atoms with E-state index in [4.69, 9.17) is 44.0 Å². The number of allylic oxidation sites excluding steroid dienone is 10. The lowest BCUT2D eigenvalue weighted by Gasteiger charge is -2.38. The summed E-state index contributed by atoms with van der Waals surface area (Å²) in [5.41, 5.74) is 8.82. The Morgan fingerprint density at radius 2 is 1.08 bits per heavy atom. The average Bonchev–Trinajstić information content (AvgIpc) is 1.24. The van der Waals surface area contributed by atoms with E-state index in [0.29, 0.717) is 34.0 Å². The fourth-order valence-corrected chi connectivity index (χ4v) is 14.0. The molecule has 38 heteroatoms. The summed E-state index contributed by atoms with van der Waals surface area (Å²) < 4.78 is 39.5. The third kappa shape index (κ3) is 30.9. The van der Waals surface area contributed by atoms with Crippen LogP contribution in [0.1, 0.15) is 143 Å². The van der Waals surface area contributed by atoms with Crippen LogP contribution in [0, 0.1) is 16.7 Å². The van der Waals surface area contributed by atoms with Crippen LogP contribution >= 0.6 is 12.6 Å². The minimum Gasteiger partial charge on any atom is -0.508 e. The Kier molecular flexibility index (Phi) is 41.3. The van der Waals surface area contributed by atoms with Gasteiger partial charge in [-0.05, 0) is 107 Å². The number of para-hydroxylation sites is 1. The van der Waals surface area contributed by atoms with Crippen molar-refractivity contribution in [3.05, 3.63) is 223 Å². The van der Waals surface area contributed by atoms with Gasteiger partial charge in [0.25, 0.3) is 0 Å². The fraction of sp³-hybridized carbons (Fsp3) is 0.398.